The van der Waals surface area contributed by atoms with E-state index in [1.807, 2.05) is 18.7 Å². The van der Waals surface area contributed by atoms with Crippen LogP contribution in [0.15, 0.2) is 0 Å². The molecule has 0 N–H and O–H groups in total. The minimum Gasteiger partial charge on any atom is -0.383 e. The predicted molar refractivity (Wildman–Crippen MR) is 68.9 cm³/mol. The topological polar surface area (TPSA) is 32.8 Å². The highest BCUT2D eigenvalue weighted by Crippen LogP contribution is 2.16. The highest BCUT2D eigenvalue weighted by molar-refractivity contribution is 5.78. The summed E-state index contributed by atoms with van der Waals surface area (Å²) in [5.74, 6) is 0.417. The van der Waals surface area contributed by atoms with Crippen LogP contribution in [0.5, 0.6) is 0 Å². The van der Waals surface area contributed by atoms with Crippen molar-refractivity contribution in [3.05, 3.63) is 0 Å². The number of hydrogen-bond acceptors (Lipinski definition) is 3. The molecule has 0 atom stereocenters. The summed E-state index contributed by atoms with van der Waals surface area (Å²) >= 11 is 0. The average molecular weight is 242 g/mol. The molecule has 17 heavy (non-hydrogen) atoms. The van der Waals surface area contributed by atoms with E-state index in [0.717, 1.165) is 39.1 Å². The Bertz CT molecular complexity index is 236. The Hall–Kier alpha value is -0.610. The van der Waals surface area contributed by atoms with Gasteiger partial charge in [0.15, 0.2) is 0 Å². The van der Waals surface area contributed by atoms with Gasteiger partial charge in [0.1, 0.15) is 0 Å². The SMILES string of the molecule is COCCN(C)C1CCN(C(=O)C(C)C)CC1. The zero-order valence-electron chi connectivity index (χ0n) is 11.6. The van der Waals surface area contributed by atoms with Crippen LogP contribution in [0.2, 0.25) is 0 Å². The molecule has 0 aromatic carbocycles. The molecule has 1 aliphatic heterocycles. The van der Waals surface area contributed by atoms with Gasteiger partial charge in [-0.3, -0.25) is 4.79 Å². The van der Waals surface area contributed by atoms with Crippen LogP contribution in [-0.4, -0.2) is 62.1 Å². The Balaban J connectivity index is 2.32. The van der Waals surface area contributed by atoms with Crippen LogP contribution in [-0.2, 0) is 9.53 Å². The third kappa shape index (κ3) is 4.28. The molecule has 0 unspecified atom stereocenters. The first-order valence-corrected chi connectivity index (χ1v) is 6.54. The third-order valence-electron chi connectivity index (χ3n) is 3.54. The maximum absolute atomic E-state index is 11.8. The third-order valence-corrected chi connectivity index (χ3v) is 3.54. The van der Waals surface area contributed by atoms with Crippen molar-refractivity contribution < 1.29 is 9.53 Å². The number of likely N-dealkylation sites (tertiary alicyclic amines) is 1. The van der Waals surface area contributed by atoms with Gasteiger partial charge in [-0.2, -0.15) is 0 Å². The van der Waals surface area contributed by atoms with Crippen molar-refractivity contribution in [1.29, 1.82) is 0 Å². The van der Waals surface area contributed by atoms with E-state index in [1.54, 1.807) is 7.11 Å². The molecular formula is C13H26N2O2. The van der Waals surface area contributed by atoms with Crippen LogP contribution in [0.1, 0.15) is 26.7 Å². The number of hydrogen-bond donors (Lipinski definition) is 0. The number of amides is 1. The van der Waals surface area contributed by atoms with Crippen molar-refractivity contribution in [2.24, 2.45) is 5.92 Å². The number of ether oxygens (including phenoxy) is 1. The second-order valence-corrected chi connectivity index (χ2v) is 5.18. The normalized spacial score (nSPS) is 18.1. The number of carbonyl (C=O) groups excluding carboxylic acids is 1. The molecule has 100 valence electrons. The monoisotopic (exact) mass is 242 g/mol. The number of methoxy groups -OCH3 is 1. The largest absolute Gasteiger partial charge is 0.383 e. The summed E-state index contributed by atoms with van der Waals surface area (Å²) < 4.78 is 5.09. The predicted octanol–water partition coefficient (Wildman–Crippen LogP) is 1.21. The molecule has 4 nitrogen and oxygen atoms in total. The van der Waals surface area contributed by atoms with E-state index >= 15 is 0 Å². The zero-order chi connectivity index (χ0) is 12.8. The first-order valence-electron chi connectivity index (χ1n) is 6.54. The molecule has 1 aliphatic rings. The van der Waals surface area contributed by atoms with Gasteiger partial charge in [0.05, 0.1) is 6.61 Å². The maximum atomic E-state index is 11.8. The summed E-state index contributed by atoms with van der Waals surface area (Å²) in [6, 6.07) is 0.598. The molecule has 0 saturated carbocycles. The molecule has 0 radical (unpaired) electrons. The zero-order valence-corrected chi connectivity index (χ0v) is 11.6. The van der Waals surface area contributed by atoms with E-state index in [1.165, 1.54) is 0 Å². The van der Waals surface area contributed by atoms with Crippen LogP contribution >= 0.6 is 0 Å². The van der Waals surface area contributed by atoms with Crippen LogP contribution in [0, 0.1) is 5.92 Å². The van der Waals surface area contributed by atoms with Crippen LogP contribution < -0.4 is 0 Å². The highest BCUT2D eigenvalue weighted by atomic mass is 16.5. The lowest BCUT2D eigenvalue weighted by atomic mass is 10.0. The van der Waals surface area contributed by atoms with Crippen LogP contribution in [0.25, 0.3) is 0 Å². The van der Waals surface area contributed by atoms with Gasteiger partial charge in [-0.1, -0.05) is 13.8 Å². The fourth-order valence-corrected chi connectivity index (χ4v) is 2.31. The van der Waals surface area contributed by atoms with Crippen LogP contribution in [0.3, 0.4) is 0 Å². The summed E-state index contributed by atoms with van der Waals surface area (Å²) in [4.78, 5) is 16.2. The van der Waals surface area contributed by atoms with Gasteiger partial charge in [-0.15, -0.1) is 0 Å². The second kappa shape index (κ2) is 6.97. The van der Waals surface area contributed by atoms with E-state index in [2.05, 4.69) is 11.9 Å². The van der Waals surface area contributed by atoms with Crippen molar-refractivity contribution in [1.82, 2.24) is 9.80 Å². The minimum absolute atomic E-state index is 0.123. The van der Waals surface area contributed by atoms with Gasteiger partial charge < -0.3 is 14.5 Å². The van der Waals surface area contributed by atoms with Gasteiger partial charge in [-0.05, 0) is 19.9 Å². The Kier molecular flexibility index (Phi) is 5.92. The molecule has 0 aromatic heterocycles. The molecule has 4 heteroatoms. The minimum atomic E-state index is 0.123. The Morgan fingerprint density at radius 1 is 1.41 bits per heavy atom. The van der Waals surface area contributed by atoms with E-state index in [9.17, 15) is 4.79 Å². The van der Waals surface area contributed by atoms with Crippen molar-refractivity contribution in [2.75, 3.05) is 40.4 Å². The standard InChI is InChI=1S/C13H26N2O2/c1-11(2)13(16)15-7-5-12(6-8-15)14(3)9-10-17-4/h11-12H,5-10H2,1-4H3. The van der Waals surface area contributed by atoms with Gasteiger partial charge >= 0.3 is 0 Å². The quantitative estimate of drug-likeness (QED) is 0.726. The number of nitrogens with zero attached hydrogens (tertiary/aromatic N) is 2. The number of rotatable bonds is 5. The molecule has 0 spiro atoms. The fourth-order valence-electron chi connectivity index (χ4n) is 2.31. The molecule has 1 rings (SSSR count). The molecule has 1 fully saturated rings. The van der Waals surface area contributed by atoms with Crippen LogP contribution in [0.4, 0.5) is 0 Å². The fraction of sp³-hybridized carbons (Fsp3) is 0.923. The van der Waals surface area contributed by atoms with E-state index < -0.39 is 0 Å². The van der Waals surface area contributed by atoms with Gasteiger partial charge in [0.2, 0.25) is 5.91 Å². The Morgan fingerprint density at radius 2 is 2.00 bits per heavy atom. The summed E-state index contributed by atoms with van der Waals surface area (Å²) in [7, 11) is 3.88. The van der Waals surface area contributed by atoms with Crippen molar-refractivity contribution in [3.8, 4) is 0 Å². The van der Waals surface area contributed by atoms with Gasteiger partial charge in [0, 0.05) is 38.7 Å². The lowest BCUT2D eigenvalue weighted by Crippen LogP contribution is -2.47. The lowest BCUT2D eigenvalue weighted by molar-refractivity contribution is -0.136. The van der Waals surface area contributed by atoms with Crippen molar-refractivity contribution >= 4 is 5.91 Å². The molecule has 0 aromatic rings. The van der Waals surface area contributed by atoms with E-state index in [4.69, 9.17) is 4.74 Å². The summed E-state index contributed by atoms with van der Waals surface area (Å²) in [6.45, 7) is 7.50. The first kappa shape index (κ1) is 14.5. The summed E-state index contributed by atoms with van der Waals surface area (Å²) in [6.07, 6.45) is 2.16. The van der Waals surface area contributed by atoms with Crippen molar-refractivity contribution in [2.45, 2.75) is 32.7 Å². The molecule has 1 heterocycles. The first-order chi connectivity index (χ1) is 8.06. The van der Waals surface area contributed by atoms with Crippen molar-refractivity contribution in [3.63, 3.8) is 0 Å². The molecule has 0 bridgehead atoms. The number of carbonyl (C=O) groups is 1. The van der Waals surface area contributed by atoms with Gasteiger partial charge in [0.25, 0.3) is 0 Å². The Labute approximate surface area is 105 Å². The highest BCUT2D eigenvalue weighted by Gasteiger charge is 2.25. The average Bonchev–Trinajstić information content (AvgIpc) is 2.35. The molecular weight excluding hydrogens is 216 g/mol. The number of likely N-dealkylation sites (N-methyl/N-ethyl adjacent to an activating group) is 1. The molecule has 0 aliphatic carbocycles. The van der Waals surface area contributed by atoms with E-state index in [-0.39, 0.29) is 5.92 Å². The maximum Gasteiger partial charge on any atom is 0.225 e. The van der Waals surface area contributed by atoms with E-state index in [0.29, 0.717) is 11.9 Å². The summed E-state index contributed by atoms with van der Waals surface area (Å²) in [5.41, 5.74) is 0. The summed E-state index contributed by atoms with van der Waals surface area (Å²) in [5, 5.41) is 0. The second-order valence-electron chi connectivity index (χ2n) is 5.18. The van der Waals surface area contributed by atoms with Gasteiger partial charge in [-0.25, -0.2) is 0 Å². The molecule has 1 saturated heterocycles. The lowest BCUT2D eigenvalue weighted by Gasteiger charge is -2.37. The smallest absolute Gasteiger partial charge is 0.225 e. The molecule has 1 amide bonds. The Morgan fingerprint density at radius 3 is 2.47 bits per heavy atom. The number of piperidine rings is 1.